The number of rotatable bonds is 3. The van der Waals surface area contributed by atoms with E-state index in [2.05, 4.69) is 15.0 Å². The number of carbonyl (C=O) groups is 2. The van der Waals surface area contributed by atoms with Gasteiger partial charge in [0.2, 0.25) is 0 Å². The zero-order chi connectivity index (χ0) is 17.6. The summed E-state index contributed by atoms with van der Waals surface area (Å²) in [4.78, 5) is 28.3. The van der Waals surface area contributed by atoms with E-state index >= 15 is 0 Å². The van der Waals surface area contributed by atoms with E-state index in [0.717, 1.165) is 37.2 Å². The summed E-state index contributed by atoms with van der Waals surface area (Å²) in [7, 11) is 1.37. The minimum atomic E-state index is -0.388. The Hall–Kier alpha value is -2.28. The summed E-state index contributed by atoms with van der Waals surface area (Å²) < 4.78 is 9.99. The van der Waals surface area contributed by atoms with Gasteiger partial charge in [-0.3, -0.25) is 4.79 Å². The number of nitrogens with one attached hydrogen (secondary N) is 1. The third-order valence-corrected chi connectivity index (χ3v) is 4.78. The molecule has 1 N–H and O–H groups in total. The van der Waals surface area contributed by atoms with Gasteiger partial charge in [0.1, 0.15) is 0 Å². The van der Waals surface area contributed by atoms with Gasteiger partial charge in [-0.25, -0.2) is 4.79 Å². The molecule has 0 bridgehead atoms. The van der Waals surface area contributed by atoms with Crippen LogP contribution in [0.4, 0.5) is 10.5 Å². The lowest BCUT2D eigenvalue weighted by Gasteiger charge is -2.35. The number of hydrogen-bond donors (Lipinski definition) is 1. The van der Waals surface area contributed by atoms with Crippen molar-refractivity contribution in [3.63, 3.8) is 0 Å². The van der Waals surface area contributed by atoms with Gasteiger partial charge in [-0.15, -0.1) is 0 Å². The number of ether oxygens (including phenoxy) is 2. The molecule has 2 heterocycles. The SMILES string of the molecule is COC(=O)NC1CCN(c2ccccc2C(=O)N2CCOCC2)CC1. The molecule has 1 aromatic rings. The maximum absolute atomic E-state index is 12.9. The predicted octanol–water partition coefficient (Wildman–Crippen LogP) is 1.48. The number of amides is 2. The topological polar surface area (TPSA) is 71.1 Å². The summed E-state index contributed by atoms with van der Waals surface area (Å²) >= 11 is 0. The molecular weight excluding hydrogens is 322 g/mol. The molecule has 0 radical (unpaired) electrons. The second kappa shape index (κ2) is 8.20. The fourth-order valence-electron chi connectivity index (χ4n) is 3.36. The third-order valence-electron chi connectivity index (χ3n) is 4.78. The van der Waals surface area contributed by atoms with Gasteiger partial charge in [-0.2, -0.15) is 0 Å². The Kier molecular flexibility index (Phi) is 5.75. The molecule has 2 aliphatic heterocycles. The monoisotopic (exact) mass is 347 g/mol. The number of benzene rings is 1. The Morgan fingerprint density at radius 1 is 1.12 bits per heavy atom. The maximum atomic E-state index is 12.9. The first-order valence-electron chi connectivity index (χ1n) is 8.74. The minimum absolute atomic E-state index is 0.0636. The van der Waals surface area contributed by atoms with Crippen molar-refractivity contribution >= 4 is 17.7 Å². The molecule has 1 aromatic carbocycles. The first kappa shape index (κ1) is 17.5. The number of para-hydroxylation sites is 1. The van der Waals surface area contributed by atoms with Crippen LogP contribution >= 0.6 is 0 Å². The van der Waals surface area contributed by atoms with Crippen molar-refractivity contribution in [2.75, 3.05) is 51.4 Å². The zero-order valence-electron chi connectivity index (χ0n) is 14.6. The van der Waals surface area contributed by atoms with Gasteiger partial charge in [0, 0.05) is 37.9 Å². The van der Waals surface area contributed by atoms with Crippen molar-refractivity contribution in [3.8, 4) is 0 Å². The zero-order valence-corrected chi connectivity index (χ0v) is 14.6. The van der Waals surface area contributed by atoms with Crippen molar-refractivity contribution in [1.82, 2.24) is 10.2 Å². The van der Waals surface area contributed by atoms with Gasteiger partial charge in [-0.1, -0.05) is 12.1 Å². The number of alkyl carbamates (subject to hydrolysis) is 1. The van der Waals surface area contributed by atoms with Crippen LogP contribution in [0.15, 0.2) is 24.3 Å². The smallest absolute Gasteiger partial charge is 0.407 e. The molecular formula is C18H25N3O4. The summed E-state index contributed by atoms with van der Waals surface area (Å²) in [5.74, 6) is 0.0636. The van der Waals surface area contributed by atoms with E-state index in [9.17, 15) is 9.59 Å². The number of carbonyl (C=O) groups excluding carboxylic acids is 2. The molecule has 25 heavy (non-hydrogen) atoms. The third kappa shape index (κ3) is 4.22. The van der Waals surface area contributed by atoms with E-state index in [1.807, 2.05) is 29.2 Å². The predicted molar refractivity (Wildman–Crippen MR) is 93.9 cm³/mol. The quantitative estimate of drug-likeness (QED) is 0.897. The van der Waals surface area contributed by atoms with E-state index in [-0.39, 0.29) is 18.0 Å². The molecule has 0 unspecified atom stereocenters. The molecule has 7 heteroatoms. The van der Waals surface area contributed by atoms with Crippen LogP contribution in [0.25, 0.3) is 0 Å². The largest absolute Gasteiger partial charge is 0.453 e. The number of anilines is 1. The van der Waals surface area contributed by atoms with Gasteiger partial charge in [0.15, 0.2) is 0 Å². The second-order valence-corrected chi connectivity index (χ2v) is 6.32. The highest BCUT2D eigenvalue weighted by molar-refractivity contribution is 5.99. The van der Waals surface area contributed by atoms with Crippen molar-refractivity contribution in [2.45, 2.75) is 18.9 Å². The molecule has 2 amide bonds. The molecule has 7 nitrogen and oxygen atoms in total. The van der Waals surface area contributed by atoms with Crippen LogP contribution in [0, 0.1) is 0 Å². The summed E-state index contributed by atoms with van der Waals surface area (Å²) in [6, 6.07) is 7.88. The normalized spacial score (nSPS) is 18.8. The molecule has 0 aliphatic carbocycles. The standard InChI is InChI=1S/C18H25N3O4/c1-24-18(23)19-14-6-8-20(9-7-14)16-5-3-2-4-15(16)17(22)21-10-12-25-13-11-21/h2-5,14H,6-13H2,1H3,(H,19,23). The number of methoxy groups -OCH3 is 1. The number of nitrogens with zero attached hydrogens (tertiary/aromatic N) is 2. The summed E-state index contributed by atoms with van der Waals surface area (Å²) in [5, 5.41) is 2.85. The highest BCUT2D eigenvalue weighted by Gasteiger charge is 2.26. The highest BCUT2D eigenvalue weighted by Crippen LogP contribution is 2.25. The fraction of sp³-hybridized carbons (Fsp3) is 0.556. The van der Waals surface area contributed by atoms with E-state index < -0.39 is 0 Å². The molecule has 2 aliphatic rings. The Morgan fingerprint density at radius 3 is 2.48 bits per heavy atom. The minimum Gasteiger partial charge on any atom is -0.453 e. The Bertz CT molecular complexity index is 608. The van der Waals surface area contributed by atoms with Crippen LogP contribution in [0.2, 0.25) is 0 Å². The molecule has 0 aromatic heterocycles. The van der Waals surface area contributed by atoms with Crippen molar-refractivity contribution in [3.05, 3.63) is 29.8 Å². The van der Waals surface area contributed by atoms with Gasteiger partial charge >= 0.3 is 6.09 Å². The van der Waals surface area contributed by atoms with E-state index in [4.69, 9.17) is 4.74 Å². The molecule has 0 spiro atoms. The van der Waals surface area contributed by atoms with Crippen LogP contribution in [-0.2, 0) is 9.47 Å². The lowest BCUT2D eigenvalue weighted by molar-refractivity contribution is 0.0303. The molecule has 3 rings (SSSR count). The first-order chi connectivity index (χ1) is 12.2. The lowest BCUT2D eigenvalue weighted by Crippen LogP contribution is -2.45. The fourth-order valence-corrected chi connectivity index (χ4v) is 3.36. The van der Waals surface area contributed by atoms with Gasteiger partial charge in [0.25, 0.3) is 5.91 Å². The molecule has 0 saturated carbocycles. The first-order valence-corrected chi connectivity index (χ1v) is 8.74. The van der Waals surface area contributed by atoms with Gasteiger partial charge in [-0.05, 0) is 25.0 Å². The summed E-state index contributed by atoms with van der Waals surface area (Å²) in [6.07, 6.45) is 1.27. The Morgan fingerprint density at radius 2 is 1.80 bits per heavy atom. The summed E-state index contributed by atoms with van der Waals surface area (Å²) in [5.41, 5.74) is 1.71. The van der Waals surface area contributed by atoms with E-state index in [1.165, 1.54) is 7.11 Å². The van der Waals surface area contributed by atoms with Crippen molar-refractivity contribution in [2.24, 2.45) is 0 Å². The van der Waals surface area contributed by atoms with Gasteiger partial charge in [0.05, 0.1) is 25.9 Å². The van der Waals surface area contributed by atoms with Crippen LogP contribution in [0.3, 0.4) is 0 Å². The van der Waals surface area contributed by atoms with Crippen molar-refractivity contribution < 1.29 is 19.1 Å². The molecule has 2 fully saturated rings. The molecule has 2 saturated heterocycles. The van der Waals surface area contributed by atoms with E-state index in [1.54, 1.807) is 0 Å². The maximum Gasteiger partial charge on any atom is 0.407 e. The van der Waals surface area contributed by atoms with Crippen molar-refractivity contribution in [1.29, 1.82) is 0 Å². The molecule has 136 valence electrons. The Labute approximate surface area is 147 Å². The van der Waals surface area contributed by atoms with Crippen LogP contribution < -0.4 is 10.2 Å². The van der Waals surface area contributed by atoms with Crippen LogP contribution in [-0.4, -0.2) is 69.4 Å². The van der Waals surface area contributed by atoms with Gasteiger partial charge < -0.3 is 24.6 Å². The van der Waals surface area contributed by atoms with Crippen LogP contribution in [0.1, 0.15) is 23.2 Å². The number of hydrogen-bond acceptors (Lipinski definition) is 5. The average Bonchev–Trinajstić information content (AvgIpc) is 2.68. The van der Waals surface area contributed by atoms with E-state index in [0.29, 0.717) is 26.3 Å². The Balaban J connectivity index is 1.67. The lowest BCUT2D eigenvalue weighted by atomic mass is 10.0. The highest BCUT2D eigenvalue weighted by atomic mass is 16.5. The summed E-state index contributed by atoms with van der Waals surface area (Å²) in [6.45, 7) is 4.05. The van der Waals surface area contributed by atoms with Crippen LogP contribution in [0.5, 0.6) is 0 Å². The average molecular weight is 347 g/mol. The second-order valence-electron chi connectivity index (χ2n) is 6.32. The number of piperidine rings is 1. The number of morpholine rings is 1. The molecule has 0 atom stereocenters.